The van der Waals surface area contributed by atoms with Gasteiger partial charge in [-0.05, 0) is 48.8 Å². The van der Waals surface area contributed by atoms with E-state index in [1.165, 1.54) is 29.5 Å². The standard InChI is InChI=1S/C20H24O/c1-17(21)11-12-20-15-13-19(14-16-20)10-6-5-9-18-7-3-2-4-8-18/h2-4,7-8,13-16,21H,1,5-6,9-12H2. The van der Waals surface area contributed by atoms with Crippen LogP contribution < -0.4 is 0 Å². The van der Waals surface area contributed by atoms with E-state index < -0.39 is 0 Å². The van der Waals surface area contributed by atoms with Crippen LogP contribution in [0.3, 0.4) is 0 Å². The Kier molecular flexibility index (Phi) is 6.08. The Balaban J connectivity index is 1.70. The van der Waals surface area contributed by atoms with E-state index in [9.17, 15) is 0 Å². The first-order chi connectivity index (χ1) is 10.2. The van der Waals surface area contributed by atoms with Crippen LogP contribution >= 0.6 is 0 Å². The monoisotopic (exact) mass is 280 g/mol. The second-order valence-corrected chi connectivity index (χ2v) is 5.58. The highest BCUT2D eigenvalue weighted by Crippen LogP contribution is 2.12. The first-order valence-electron chi connectivity index (χ1n) is 7.72. The molecule has 0 spiro atoms. The lowest BCUT2D eigenvalue weighted by Crippen LogP contribution is -1.91. The molecule has 0 saturated heterocycles. The summed E-state index contributed by atoms with van der Waals surface area (Å²) < 4.78 is 0. The number of aryl methyl sites for hydroxylation is 3. The summed E-state index contributed by atoms with van der Waals surface area (Å²) in [6.07, 6.45) is 6.27. The van der Waals surface area contributed by atoms with E-state index in [0.29, 0.717) is 6.42 Å². The van der Waals surface area contributed by atoms with Gasteiger partial charge in [-0.3, -0.25) is 0 Å². The summed E-state index contributed by atoms with van der Waals surface area (Å²) in [5.41, 5.74) is 4.09. The van der Waals surface area contributed by atoms with Crippen molar-refractivity contribution >= 4 is 0 Å². The first-order valence-corrected chi connectivity index (χ1v) is 7.72. The molecule has 21 heavy (non-hydrogen) atoms. The summed E-state index contributed by atoms with van der Waals surface area (Å²) in [5, 5.41) is 9.11. The molecule has 0 amide bonds. The van der Waals surface area contributed by atoms with Gasteiger partial charge in [0.2, 0.25) is 0 Å². The number of aliphatic hydroxyl groups excluding tert-OH is 1. The number of rotatable bonds is 8. The quantitative estimate of drug-likeness (QED) is 0.517. The molecule has 0 aliphatic heterocycles. The van der Waals surface area contributed by atoms with E-state index in [1.807, 2.05) is 0 Å². The Hall–Kier alpha value is -2.02. The maximum Gasteiger partial charge on any atom is 0.0854 e. The lowest BCUT2D eigenvalue weighted by molar-refractivity contribution is 0.391. The highest BCUT2D eigenvalue weighted by Gasteiger charge is 1.98. The smallest absolute Gasteiger partial charge is 0.0854 e. The van der Waals surface area contributed by atoms with Gasteiger partial charge in [-0.15, -0.1) is 0 Å². The van der Waals surface area contributed by atoms with E-state index in [4.69, 9.17) is 5.11 Å². The Morgan fingerprint density at radius 1 is 0.714 bits per heavy atom. The minimum Gasteiger partial charge on any atom is -0.513 e. The molecular formula is C20H24O. The average Bonchev–Trinajstić information content (AvgIpc) is 2.52. The molecule has 0 bridgehead atoms. The molecule has 1 nitrogen and oxygen atoms in total. The lowest BCUT2D eigenvalue weighted by atomic mass is 10.0. The zero-order valence-corrected chi connectivity index (χ0v) is 12.6. The molecule has 1 N–H and O–H groups in total. The molecule has 0 radical (unpaired) electrons. The molecule has 0 saturated carbocycles. The van der Waals surface area contributed by atoms with E-state index in [0.717, 1.165) is 19.3 Å². The second kappa shape index (κ2) is 8.31. The number of aliphatic hydroxyl groups is 1. The van der Waals surface area contributed by atoms with Crippen molar-refractivity contribution in [2.24, 2.45) is 0 Å². The van der Waals surface area contributed by atoms with Crippen molar-refractivity contribution in [2.45, 2.75) is 38.5 Å². The molecule has 0 unspecified atom stereocenters. The average molecular weight is 280 g/mol. The summed E-state index contributed by atoms with van der Waals surface area (Å²) in [4.78, 5) is 0. The van der Waals surface area contributed by atoms with Crippen molar-refractivity contribution in [2.75, 3.05) is 0 Å². The zero-order valence-electron chi connectivity index (χ0n) is 12.6. The highest BCUT2D eigenvalue weighted by atomic mass is 16.3. The van der Waals surface area contributed by atoms with Gasteiger partial charge in [0.15, 0.2) is 0 Å². The van der Waals surface area contributed by atoms with Gasteiger partial charge in [0.25, 0.3) is 0 Å². The van der Waals surface area contributed by atoms with Crippen molar-refractivity contribution in [1.82, 2.24) is 0 Å². The molecule has 2 rings (SSSR count). The minimum atomic E-state index is 0.264. The predicted octanol–water partition coefficient (Wildman–Crippen LogP) is 5.26. The van der Waals surface area contributed by atoms with Gasteiger partial charge in [-0.25, -0.2) is 0 Å². The van der Waals surface area contributed by atoms with E-state index in [1.54, 1.807) is 0 Å². The highest BCUT2D eigenvalue weighted by molar-refractivity contribution is 5.23. The number of benzene rings is 2. The van der Waals surface area contributed by atoms with Crippen LogP contribution in [-0.4, -0.2) is 5.11 Å². The summed E-state index contributed by atoms with van der Waals surface area (Å²) in [6.45, 7) is 3.52. The molecule has 2 aromatic rings. The Morgan fingerprint density at radius 2 is 1.19 bits per heavy atom. The van der Waals surface area contributed by atoms with Crippen LogP contribution in [0.5, 0.6) is 0 Å². The Bertz CT molecular complexity index is 540. The van der Waals surface area contributed by atoms with Gasteiger partial charge >= 0.3 is 0 Å². The van der Waals surface area contributed by atoms with Crippen LogP contribution in [0, 0.1) is 0 Å². The number of hydrogen-bond donors (Lipinski definition) is 1. The van der Waals surface area contributed by atoms with Crippen LogP contribution in [0.2, 0.25) is 0 Å². The lowest BCUT2D eigenvalue weighted by Gasteiger charge is -2.05. The zero-order chi connectivity index (χ0) is 14.9. The normalized spacial score (nSPS) is 10.5. The van der Waals surface area contributed by atoms with E-state index in [-0.39, 0.29) is 5.76 Å². The number of hydrogen-bond acceptors (Lipinski definition) is 1. The summed E-state index contributed by atoms with van der Waals surface area (Å²) in [5.74, 6) is 0.264. The third kappa shape index (κ3) is 5.86. The number of unbranched alkanes of at least 4 members (excludes halogenated alkanes) is 1. The van der Waals surface area contributed by atoms with Gasteiger partial charge in [0.1, 0.15) is 0 Å². The molecule has 0 atom stereocenters. The largest absolute Gasteiger partial charge is 0.513 e. The van der Waals surface area contributed by atoms with Gasteiger partial charge in [-0.1, -0.05) is 61.2 Å². The molecule has 0 aromatic heterocycles. The van der Waals surface area contributed by atoms with E-state index >= 15 is 0 Å². The summed E-state index contributed by atoms with van der Waals surface area (Å²) in [6, 6.07) is 19.4. The molecule has 0 aliphatic rings. The molecule has 1 heteroatoms. The molecule has 2 aromatic carbocycles. The van der Waals surface area contributed by atoms with Crippen LogP contribution in [0.1, 0.15) is 36.0 Å². The Labute approximate surface area is 128 Å². The molecule has 0 heterocycles. The first kappa shape index (κ1) is 15.4. The van der Waals surface area contributed by atoms with Crippen molar-refractivity contribution in [3.05, 3.63) is 83.6 Å². The molecular weight excluding hydrogens is 256 g/mol. The van der Waals surface area contributed by atoms with Gasteiger partial charge < -0.3 is 5.11 Å². The van der Waals surface area contributed by atoms with Crippen LogP contribution in [0.15, 0.2) is 66.9 Å². The van der Waals surface area contributed by atoms with Crippen LogP contribution in [0.4, 0.5) is 0 Å². The molecule has 110 valence electrons. The van der Waals surface area contributed by atoms with E-state index in [2.05, 4.69) is 61.2 Å². The Morgan fingerprint density at radius 3 is 1.71 bits per heavy atom. The predicted molar refractivity (Wildman–Crippen MR) is 89.6 cm³/mol. The molecule has 0 aliphatic carbocycles. The van der Waals surface area contributed by atoms with Gasteiger partial charge in [0, 0.05) is 6.42 Å². The van der Waals surface area contributed by atoms with Gasteiger partial charge in [0.05, 0.1) is 5.76 Å². The fourth-order valence-corrected chi connectivity index (χ4v) is 2.46. The van der Waals surface area contributed by atoms with Crippen molar-refractivity contribution in [1.29, 1.82) is 0 Å². The van der Waals surface area contributed by atoms with Crippen molar-refractivity contribution in [3.8, 4) is 0 Å². The second-order valence-electron chi connectivity index (χ2n) is 5.58. The fraction of sp³-hybridized carbons (Fsp3) is 0.300. The number of allylic oxidation sites excluding steroid dienone is 1. The SMILES string of the molecule is C=C(O)CCc1ccc(CCCCc2ccccc2)cc1. The molecule has 0 fully saturated rings. The van der Waals surface area contributed by atoms with Crippen molar-refractivity contribution < 1.29 is 5.11 Å². The fourth-order valence-electron chi connectivity index (χ4n) is 2.46. The minimum absolute atomic E-state index is 0.264. The summed E-state index contributed by atoms with van der Waals surface area (Å²) in [7, 11) is 0. The maximum absolute atomic E-state index is 9.11. The third-order valence-electron chi connectivity index (χ3n) is 3.75. The van der Waals surface area contributed by atoms with Crippen LogP contribution in [-0.2, 0) is 19.3 Å². The van der Waals surface area contributed by atoms with Crippen LogP contribution in [0.25, 0.3) is 0 Å². The summed E-state index contributed by atoms with van der Waals surface area (Å²) >= 11 is 0. The third-order valence-corrected chi connectivity index (χ3v) is 3.75. The maximum atomic E-state index is 9.11. The van der Waals surface area contributed by atoms with Gasteiger partial charge in [-0.2, -0.15) is 0 Å². The van der Waals surface area contributed by atoms with Crippen molar-refractivity contribution in [3.63, 3.8) is 0 Å². The topological polar surface area (TPSA) is 20.2 Å².